The summed E-state index contributed by atoms with van der Waals surface area (Å²) in [7, 11) is 0. The molecule has 120 valence electrons. The molecule has 0 saturated carbocycles. The van der Waals surface area contributed by atoms with Crippen molar-refractivity contribution in [3.05, 3.63) is 35.4 Å². The first-order valence-electron chi connectivity index (χ1n) is 7.94. The zero-order valence-electron chi connectivity index (χ0n) is 13.6. The van der Waals surface area contributed by atoms with Crippen molar-refractivity contribution in [1.82, 2.24) is 4.90 Å². The second kappa shape index (κ2) is 6.59. The molecule has 1 aliphatic heterocycles. The van der Waals surface area contributed by atoms with Gasteiger partial charge in [0.05, 0.1) is 11.1 Å². The molecule has 1 aromatic carbocycles. The Morgan fingerprint density at radius 2 is 1.64 bits per heavy atom. The Morgan fingerprint density at radius 3 is 2.14 bits per heavy atom. The van der Waals surface area contributed by atoms with Crippen LogP contribution in [0.5, 0.6) is 0 Å². The summed E-state index contributed by atoms with van der Waals surface area (Å²) in [5.41, 5.74) is -0.124. The van der Waals surface area contributed by atoms with Crippen molar-refractivity contribution in [2.24, 2.45) is 5.92 Å². The van der Waals surface area contributed by atoms with Crippen molar-refractivity contribution >= 4 is 11.8 Å². The van der Waals surface area contributed by atoms with Gasteiger partial charge in [0.2, 0.25) is 0 Å². The summed E-state index contributed by atoms with van der Waals surface area (Å²) in [5.74, 6) is -0.0259. The highest BCUT2D eigenvalue weighted by Gasteiger charge is 2.34. The van der Waals surface area contributed by atoms with E-state index >= 15 is 0 Å². The number of carbonyl (C=O) groups is 2. The smallest absolute Gasteiger partial charge is 0.261 e. The number of rotatable bonds is 7. The summed E-state index contributed by atoms with van der Waals surface area (Å²) in [6, 6.07) is 6.94. The molecule has 1 atom stereocenters. The van der Waals surface area contributed by atoms with E-state index in [1.807, 2.05) is 0 Å². The summed E-state index contributed by atoms with van der Waals surface area (Å²) < 4.78 is 13.4. The second-order valence-corrected chi connectivity index (χ2v) is 6.81. The van der Waals surface area contributed by atoms with E-state index in [-0.39, 0.29) is 11.8 Å². The van der Waals surface area contributed by atoms with Crippen molar-refractivity contribution in [3.8, 4) is 0 Å². The quantitative estimate of drug-likeness (QED) is 0.707. The van der Waals surface area contributed by atoms with Crippen molar-refractivity contribution in [3.63, 3.8) is 0 Å². The minimum atomic E-state index is -1.12. The molecule has 1 aliphatic rings. The molecule has 0 aliphatic carbocycles. The van der Waals surface area contributed by atoms with Crippen molar-refractivity contribution in [2.75, 3.05) is 6.54 Å². The lowest BCUT2D eigenvalue weighted by atomic mass is 9.96. The highest BCUT2D eigenvalue weighted by Crippen LogP contribution is 2.25. The van der Waals surface area contributed by atoms with E-state index in [0.29, 0.717) is 30.0 Å². The van der Waals surface area contributed by atoms with Crippen molar-refractivity contribution in [1.29, 1.82) is 0 Å². The van der Waals surface area contributed by atoms with Crippen molar-refractivity contribution in [2.45, 2.75) is 52.1 Å². The van der Waals surface area contributed by atoms with Gasteiger partial charge >= 0.3 is 0 Å². The number of nitrogens with zero attached hydrogens (tertiary/aromatic N) is 1. The highest BCUT2D eigenvalue weighted by atomic mass is 19.1. The van der Waals surface area contributed by atoms with E-state index in [2.05, 4.69) is 6.92 Å². The van der Waals surface area contributed by atoms with E-state index in [9.17, 15) is 14.0 Å². The molecule has 0 radical (unpaired) electrons. The van der Waals surface area contributed by atoms with E-state index in [1.165, 1.54) is 4.90 Å². The van der Waals surface area contributed by atoms with Gasteiger partial charge in [0, 0.05) is 6.54 Å². The Morgan fingerprint density at radius 1 is 1.09 bits per heavy atom. The minimum absolute atomic E-state index is 0.197. The lowest BCUT2D eigenvalue weighted by Gasteiger charge is -2.19. The summed E-state index contributed by atoms with van der Waals surface area (Å²) in [4.78, 5) is 25.8. The molecule has 2 amide bonds. The first kappa shape index (κ1) is 16.7. The Bertz CT molecular complexity index is 527. The lowest BCUT2D eigenvalue weighted by molar-refractivity contribution is 0.0646. The molecule has 1 unspecified atom stereocenters. The molecule has 0 fully saturated rings. The molecule has 0 spiro atoms. The number of imide groups is 1. The van der Waals surface area contributed by atoms with E-state index < -0.39 is 5.67 Å². The maximum atomic E-state index is 13.4. The normalized spacial score (nSPS) is 16.1. The van der Waals surface area contributed by atoms with Crippen LogP contribution in [0.4, 0.5) is 4.39 Å². The summed E-state index contributed by atoms with van der Waals surface area (Å²) in [6.45, 7) is 5.71. The molecule has 2 rings (SSSR count). The first-order valence-corrected chi connectivity index (χ1v) is 7.94. The summed E-state index contributed by atoms with van der Waals surface area (Å²) >= 11 is 0. The van der Waals surface area contributed by atoms with Crippen LogP contribution in [-0.2, 0) is 0 Å². The molecular weight excluding hydrogens is 281 g/mol. The third-order valence-electron chi connectivity index (χ3n) is 4.19. The van der Waals surface area contributed by atoms with Gasteiger partial charge in [0.1, 0.15) is 5.67 Å². The number of alkyl halides is 1. The zero-order chi connectivity index (χ0) is 16.3. The molecule has 0 aromatic heterocycles. The average molecular weight is 305 g/mol. The van der Waals surface area contributed by atoms with E-state index in [0.717, 1.165) is 19.3 Å². The Labute approximate surface area is 131 Å². The van der Waals surface area contributed by atoms with Crippen LogP contribution >= 0.6 is 0 Å². The van der Waals surface area contributed by atoms with Gasteiger partial charge in [-0.2, -0.15) is 0 Å². The Hall–Kier alpha value is -1.71. The van der Waals surface area contributed by atoms with Gasteiger partial charge in [0.15, 0.2) is 0 Å². The number of hydrogen-bond donors (Lipinski definition) is 0. The molecule has 3 nitrogen and oxygen atoms in total. The van der Waals surface area contributed by atoms with Gasteiger partial charge < -0.3 is 0 Å². The molecule has 0 bridgehead atoms. The first-order chi connectivity index (χ1) is 10.3. The SMILES string of the molecule is CC(CCCC(C)(C)F)CCN1C(=O)c2ccccc2C1=O. The molecule has 1 aromatic rings. The summed E-state index contributed by atoms with van der Waals surface area (Å²) in [5, 5.41) is 0. The number of halogens is 1. The highest BCUT2D eigenvalue weighted by molar-refractivity contribution is 6.21. The number of amides is 2. The standard InChI is InChI=1S/C18H24FNO2/c1-13(7-6-11-18(2,3)19)10-12-20-16(21)14-8-4-5-9-15(14)17(20)22/h4-5,8-9,13H,6-7,10-12H2,1-3H3. The maximum Gasteiger partial charge on any atom is 0.261 e. The number of fused-ring (bicyclic) bond motifs is 1. The van der Waals surface area contributed by atoms with Crippen LogP contribution in [0.2, 0.25) is 0 Å². The topological polar surface area (TPSA) is 37.4 Å². The lowest BCUT2D eigenvalue weighted by Crippen LogP contribution is -2.31. The third-order valence-corrected chi connectivity index (χ3v) is 4.19. The largest absolute Gasteiger partial charge is 0.274 e. The fourth-order valence-corrected chi connectivity index (χ4v) is 2.81. The predicted octanol–water partition coefficient (Wildman–Crippen LogP) is 4.23. The fraction of sp³-hybridized carbons (Fsp3) is 0.556. The van der Waals surface area contributed by atoms with Gasteiger partial charge in [-0.1, -0.05) is 31.9 Å². The van der Waals surface area contributed by atoms with Crippen LogP contribution in [0, 0.1) is 5.92 Å². The van der Waals surface area contributed by atoms with Crippen LogP contribution in [0.1, 0.15) is 67.2 Å². The third kappa shape index (κ3) is 3.93. The van der Waals surface area contributed by atoms with Crippen LogP contribution in [-0.4, -0.2) is 28.9 Å². The molecular formula is C18H24FNO2. The molecule has 1 heterocycles. The Kier molecular flexibility index (Phi) is 4.99. The number of benzene rings is 1. The molecule has 22 heavy (non-hydrogen) atoms. The van der Waals surface area contributed by atoms with Crippen LogP contribution in [0.25, 0.3) is 0 Å². The van der Waals surface area contributed by atoms with Crippen LogP contribution < -0.4 is 0 Å². The van der Waals surface area contributed by atoms with Crippen molar-refractivity contribution < 1.29 is 14.0 Å². The van der Waals surface area contributed by atoms with Gasteiger partial charge in [0.25, 0.3) is 11.8 Å². The van der Waals surface area contributed by atoms with Gasteiger partial charge in [-0.25, -0.2) is 4.39 Å². The van der Waals surface area contributed by atoms with Gasteiger partial charge in [-0.15, -0.1) is 0 Å². The minimum Gasteiger partial charge on any atom is -0.274 e. The molecule has 0 N–H and O–H groups in total. The predicted molar refractivity (Wildman–Crippen MR) is 84.6 cm³/mol. The van der Waals surface area contributed by atoms with E-state index in [1.54, 1.807) is 38.1 Å². The second-order valence-electron chi connectivity index (χ2n) is 6.81. The summed E-state index contributed by atoms with van der Waals surface area (Å²) in [6.07, 6.45) is 3.05. The van der Waals surface area contributed by atoms with Gasteiger partial charge in [-0.05, 0) is 44.7 Å². The number of carbonyl (C=O) groups excluding carboxylic acids is 2. The van der Waals surface area contributed by atoms with E-state index in [4.69, 9.17) is 0 Å². The number of hydrogen-bond acceptors (Lipinski definition) is 2. The Balaban J connectivity index is 1.83. The van der Waals surface area contributed by atoms with Crippen LogP contribution in [0.15, 0.2) is 24.3 Å². The monoisotopic (exact) mass is 305 g/mol. The maximum absolute atomic E-state index is 13.4. The average Bonchev–Trinajstić information content (AvgIpc) is 2.68. The molecule has 0 saturated heterocycles. The molecule has 4 heteroatoms. The van der Waals surface area contributed by atoms with Gasteiger partial charge in [-0.3, -0.25) is 14.5 Å². The fourth-order valence-electron chi connectivity index (χ4n) is 2.81. The van der Waals surface area contributed by atoms with Crippen LogP contribution in [0.3, 0.4) is 0 Å². The zero-order valence-corrected chi connectivity index (χ0v) is 13.6.